The van der Waals surface area contributed by atoms with Gasteiger partial charge in [-0.05, 0) is 25.0 Å². The molecular formula is C20H24N4O3S. The van der Waals surface area contributed by atoms with Crippen LogP contribution in [0.4, 0.5) is 9.93 Å². The average Bonchev–Trinajstić information content (AvgIpc) is 3.35. The highest BCUT2D eigenvalue weighted by Gasteiger charge is 2.27. The first-order chi connectivity index (χ1) is 13.6. The Morgan fingerprint density at radius 3 is 2.82 bits per heavy atom. The maximum atomic E-state index is 12.9. The number of nitrogens with one attached hydrogen (secondary N) is 2. The second kappa shape index (κ2) is 8.18. The normalized spacial score (nSPS) is 16.5. The number of rotatable bonds is 4. The van der Waals surface area contributed by atoms with Crippen LogP contribution in [0.1, 0.15) is 46.6 Å². The number of urea groups is 1. The van der Waals surface area contributed by atoms with Gasteiger partial charge >= 0.3 is 6.03 Å². The van der Waals surface area contributed by atoms with Gasteiger partial charge in [0.25, 0.3) is 5.91 Å². The molecule has 2 aliphatic rings. The van der Waals surface area contributed by atoms with Crippen LogP contribution < -0.4 is 15.4 Å². The van der Waals surface area contributed by atoms with E-state index < -0.39 is 0 Å². The second-order valence-electron chi connectivity index (χ2n) is 7.15. The standard InChI is InChI=1S/C20H24N4O3S/c1-27-16-9-5-4-8-14(16)18(25)24-11-10-15-17(12-24)28-20(22-15)23-19(26)21-13-6-2-3-7-13/h4-5,8-9,13H,2-3,6-7,10-12H2,1H3,(H2,21,22,23,26). The van der Waals surface area contributed by atoms with Crippen molar-refractivity contribution in [2.75, 3.05) is 19.0 Å². The van der Waals surface area contributed by atoms with Gasteiger partial charge < -0.3 is 15.0 Å². The summed E-state index contributed by atoms with van der Waals surface area (Å²) in [7, 11) is 1.57. The first kappa shape index (κ1) is 18.7. The van der Waals surface area contributed by atoms with Crippen molar-refractivity contribution in [3.8, 4) is 5.75 Å². The summed E-state index contributed by atoms with van der Waals surface area (Å²) in [5.41, 5.74) is 1.53. The summed E-state index contributed by atoms with van der Waals surface area (Å²) in [5.74, 6) is 0.526. The smallest absolute Gasteiger partial charge is 0.321 e. The highest BCUT2D eigenvalue weighted by molar-refractivity contribution is 7.15. The lowest BCUT2D eigenvalue weighted by Crippen LogP contribution is -2.36. The van der Waals surface area contributed by atoms with Gasteiger partial charge in [0.15, 0.2) is 5.13 Å². The van der Waals surface area contributed by atoms with Gasteiger partial charge in [-0.25, -0.2) is 9.78 Å². The average molecular weight is 401 g/mol. The molecule has 2 N–H and O–H groups in total. The lowest BCUT2D eigenvalue weighted by Gasteiger charge is -2.26. The fourth-order valence-corrected chi connectivity index (χ4v) is 4.82. The third-order valence-corrected chi connectivity index (χ3v) is 6.26. The molecule has 2 heterocycles. The number of benzene rings is 1. The largest absolute Gasteiger partial charge is 0.496 e. The third-order valence-electron chi connectivity index (χ3n) is 5.27. The van der Waals surface area contributed by atoms with E-state index in [4.69, 9.17) is 4.74 Å². The summed E-state index contributed by atoms with van der Waals surface area (Å²) in [6.07, 6.45) is 5.11. The zero-order valence-corrected chi connectivity index (χ0v) is 16.7. The number of aromatic nitrogens is 1. The molecule has 148 valence electrons. The Kier molecular flexibility index (Phi) is 5.47. The molecular weight excluding hydrogens is 376 g/mol. The van der Waals surface area contributed by atoms with E-state index in [-0.39, 0.29) is 18.0 Å². The van der Waals surface area contributed by atoms with E-state index in [9.17, 15) is 9.59 Å². The minimum atomic E-state index is -0.194. The van der Waals surface area contributed by atoms with Crippen molar-refractivity contribution in [2.24, 2.45) is 0 Å². The Morgan fingerprint density at radius 2 is 2.04 bits per heavy atom. The molecule has 0 unspecified atom stereocenters. The van der Waals surface area contributed by atoms with Crippen LogP contribution in [0.2, 0.25) is 0 Å². The molecule has 0 radical (unpaired) electrons. The van der Waals surface area contributed by atoms with Crippen LogP contribution in [0.3, 0.4) is 0 Å². The van der Waals surface area contributed by atoms with Crippen LogP contribution in [-0.4, -0.2) is 41.5 Å². The molecule has 7 nitrogen and oxygen atoms in total. The SMILES string of the molecule is COc1ccccc1C(=O)N1CCc2nc(NC(=O)NC3CCCC3)sc2C1. The number of anilines is 1. The summed E-state index contributed by atoms with van der Waals surface area (Å²) in [5, 5.41) is 6.45. The van der Waals surface area contributed by atoms with Gasteiger partial charge in [-0.2, -0.15) is 0 Å². The molecule has 2 aromatic rings. The highest BCUT2D eigenvalue weighted by Crippen LogP contribution is 2.30. The number of amides is 3. The Morgan fingerprint density at radius 1 is 1.25 bits per heavy atom. The monoisotopic (exact) mass is 400 g/mol. The van der Waals surface area contributed by atoms with E-state index in [0.717, 1.165) is 23.4 Å². The number of nitrogens with zero attached hydrogens (tertiary/aromatic N) is 2. The number of thiazole rings is 1. The molecule has 28 heavy (non-hydrogen) atoms. The lowest BCUT2D eigenvalue weighted by atomic mass is 10.1. The number of hydrogen-bond donors (Lipinski definition) is 2. The molecule has 1 fully saturated rings. The number of carbonyl (C=O) groups is 2. The van der Waals surface area contributed by atoms with Gasteiger partial charge in [0, 0.05) is 23.9 Å². The fourth-order valence-electron chi connectivity index (χ4n) is 3.80. The van der Waals surface area contributed by atoms with Crippen molar-refractivity contribution in [3.05, 3.63) is 40.4 Å². The maximum Gasteiger partial charge on any atom is 0.321 e. The van der Waals surface area contributed by atoms with Crippen molar-refractivity contribution < 1.29 is 14.3 Å². The molecule has 4 rings (SSSR count). The van der Waals surface area contributed by atoms with Crippen LogP contribution in [0.15, 0.2) is 24.3 Å². The summed E-state index contributed by atoms with van der Waals surface area (Å²) in [4.78, 5) is 32.5. The molecule has 3 amide bonds. The van der Waals surface area contributed by atoms with Crippen LogP contribution >= 0.6 is 11.3 Å². The number of ether oxygens (including phenoxy) is 1. The Labute approximate surface area is 168 Å². The Bertz CT molecular complexity index is 876. The molecule has 0 saturated heterocycles. The fraction of sp³-hybridized carbons (Fsp3) is 0.450. The molecule has 1 aromatic heterocycles. The van der Waals surface area contributed by atoms with Gasteiger partial charge in [-0.3, -0.25) is 10.1 Å². The predicted octanol–water partition coefficient (Wildman–Crippen LogP) is 3.41. The molecule has 1 aliphatic carbocycles. The van der Waals surface area contributed by atoms with Gasteiger partial charge in [-0.15, -0.1) is 0 Å². The van der Waals surface area contributed by atoms with E-state index in [1.807, 2.05) is 12.1 Å². The van der Waals surface area contributed by atoms with Crippen LogP contribution in [0.5, 0.6) is 5.75 Å². The molecule has 1 aromatic carbocycles. The lowest BCUT2D eigenvalue weighted by molar-refractivity contribution is 0.0733. The predicted molar refractivity (Wildman–Crippen MR) is 108 cm³/mol. The van der Waals surface area contributed by atoms with Crippen LogP contribution in [0, 0.1) is 0 Å². The topological polar surface area (TPSA) is 83.6 Å². The summed E-state index contributed by atoms with van der Waals surface area (Å²) >= 11 is 1.44. The summed E-state index contributed by atoms with van der Waals surface area (Å²) in [6.45, 7) is 1.09. The highest BCUT2D eigenvalue weighted by atomic mass is 32.1. The first-order valence-corrected chi connectivity index (χ1v) is 10.4. The van der Waals surface area contributed by atoms with Crippen LogP contribution in [-0.2, 0) is 13.0 Å². The van der Waals surface area contributed by atoms with Gasteiger partial charge in [0.05, 0.1) is 24.9 Å². The molecule has 1 saturated carbocycles. The number of carbonyl (C=O) groups excluding carboxylic acids is 2. The van der Waals surface area contributed by atoms with E-state index in [2.05, 4.69) is 15.6 Å². The number of hydrogen-bond acceptors (Lipinski definition) is 5. The quantitative estimate of drug-likeness (QED) is 0.824. The zero-order chi connectivity index (χ0) is 19.5. The van der Waals surface area contributed by atoms with Crippen molar-refractivity contribution >= 4 is 28.4 Å². The summed E-state index contributed by atoms with van der Waals surface area (Å²) < 4.78 is 5.32. The van der Waals surface area contributed by atoms with Crippen molar-refractivity contribution in [3.63, 3.8) is 0 Å². The minimum absolute atomic E-state index is 0.0509. The van der Waals surface area contributed by atoms with E-state index in [1.165, 1.54) is 24.2 Å². The van der Waals surface area contributed by atoms with E-state index >= 15 is 0 Å². The van der Waals surface area contributed by atoms with Crippen molar-refractivity contribution in [1.29, 1.82) is 0 Å². The second-order valence-corrected chi connectivity index (χ2v) is 8.23. The Hall–Kier alpha value is -2.61. The first-order valence-electron chi connectivity index (χ1n) is 9.62. The van der Waals surface area contributed by atoms with Crippen molar-refractivity contribution in [2.45, 2.75) is 44.7 Å². The molecule has 0 spiro atoms. The van der Waals surface area contributed by atoms with Gasteiger partial charge in [0.1, 0.15) is 5.75 Å². The van der Waals surface area contributed by atoms with E-state index in [1.54, 1.807) is 24.1 Å². The molecule has 8 heteroatoms. The van der Waals surface area contributed by atoms with Crippen LogP contribution in [0.25, 0.3) is 0 Å². The van der Waals surface area contributed by atoms with Crippen molar-refractivity contribution in [1.82, 2.24) is 15.2 Å². The number of para-hydroxylation sites is 1. The third kappa shape index (κ3) is 3.96. The zero-order valence-electron chi connectivity index (χ0n) is 15.9. The Balaban J connectivity index is 1.41. The maximum absolute atomic E-state index is 12.9. The summed E-state index contributed by atoms with van der Waals surface area (Å²) in [6, 6.07) is 7.33. The van der Waals surface area contributed by atoms with Gasteiger partial charge in [-0.1, -0.05) is 36.3 Å². The molecule has 0 atom stereocenters. The number of methoxy groups -OCH3 is 1. The molecule has 1 aliphatic heterocycles. The van der Waals surface area contributed by atoms with E-state index in [0.29, 0.717) is 36.0 Å². The number of fused-ring (bicyclic) bond motifs is 1. The van der Waals surface area contributed by atoms with Gasteiger partial charge in [0.2, 0.25) is 0 Å². The minimum Gasteiger partial charge on any atom is -0.496 e. The molecule has 0 bridgehead atoms.